The fourth-order valence-electron chi connectivity index (χ4n) is 3.49. The van der Waals surface area contributed by atoms with Crippen LogP contribution in [-0.4, -0.2) is 46.0 Å². The van der Waals surface area contributed by atoms with Crippen molar-refractivity contribution in [2.75, 3.05) is 19.6 Å². The number of likely N-dealkylation sites (tertiary alicyclic amines) is 1. The largest absolute Gasteiger partial charge is 0.341 e. The summed E-state index contributed by atoms with van der Waals surface area (Å²) in [6.07, 6.45) is 4.73. The van der Waals surface area contributed by atoms with Crippen molar-refractivity contribution >= 4 is 29.3 Å². The molecule has 1 saturated heterocycles. The predicted octanol–water partition coefficient (Wildman–Crippen LogP) is 1.74. The number of nitrogens with zero attached hydrogens (tertiary/aromatic N) is 2. The minimum atomic E-state index is -0.217. The summed E-state index contributed by atoms with van der Waals surface area (Å²) in [6, 6.07) is 8.02. The molecule has 25 heavy (non-hydrogen) atoms. The van der Waals surface area contributed by atoms with Crippen LogP contribution in [0, 0.1) is 5.92 Å². The highest BCUT2D eigenvalue weighted by atomic mass is 35.5. The van der Waals surface area contributed by atoms with E-state index in [1.807, 2.05) is 29.2 Å². The van der Waals surface area contributed by atoms with E-state index in [1.54, 1.807) is 0 Å². The molecule has 2 N–H and O–H groups in total. The normalized spacial score (nSPS) is 18.3. The van der Waals surface area contributed by atoms with Crippen LogP contribution in [0.5, 0.6) is 0 Å². The number of H-pyrrole nitrogens is 1. The molecule has 0 bridgehead atoms. The first kappa shape index (κ1) is 18.0. The Morgan fingerprint density at radius 2 is 1.88 bits per heavy atom. The molecule has 0 atom stereocenters. The van der Waals surface area contributed by atoms with Crippen molar-refractivity contribution in [2.24, 2.45) is 5.92 Å². The lowest BCUT2D eigenvalue weighted by molar-refractivity contribution is -0.132. The quantitative estimate of drug-likeness (QED) is 0.849. The average Bonchev–Trinajstić information content (AvgIpc) is 3.38. The SMILES string of the molecule is Cl.O=C(Cn1c(=O)[nH]c2ccccc21)N1CCC(NCC2CC2)CC1. The van der Waals surface area contributed by atoms with Crippen LogP contribution in [0.1, 0.15) is 25.7 Å². The van der Waals surface area contributed by atoms with Gasteiger partial charge in [-0.1, -0.05) is 12.1 Å². The van der Waals surface area contributed by atoms with Crippen molar-refractivity contribution in [3.05, 3.63) is 34.7 Å². The second kappa shape index (κ2) is 7.62. The van der Waals surface area contributed by atoms with Crippen LogP contribution in [0.4, 0.5) is 0 Å². The van der Waals surface area contributed by atoms with E-state index in [9.17, 15) is 9.59 Å². The zero-order chi connectivity index (χ0) is 16.5. The van der Waals surface area contributed by atoms with Gasteiger partial charge in [-0.3, -0.25) is 9.36 Å². The molecule has 7 heteroatoms. The molecule has 2 aliphatic rings. The van der Waals surface area contributed by atoms with E-state index in [2.05, 4.69) is 10.3 Å². The Labute approximate surface area is 153 Å². The number of carbonyl (C=O) groups excluding carboxylic acids is 1. The highest BCUT2D eigenvalue weighted by molar-refractivity contribution is 5.85. The smallest absolute Gasteiger partial charge is 0.326 e. The van der Waals surface area contributed by atoms with Gasteiger partial charge in [0.15, 0.2) is 0 Å². The topological polar surface area (TPSA) is 70.1 Å². The number of nitrogens with one attached hydrogen (secondary N) is 2. The van der Waals surface area contributed by atoms with Gasteiger partial charge in [0.1, 0.15) is 6.54 Å². The molecule has 2 aromatic rings. The first-order valence-electron chi connectivity index (χ1n) is 8.89. The lowest BCUT2D eigenvalue weighted by atomic mass is 10.0. The number of benzene rings is 1. The fraction of sp³-hybridized carbons (Fsp3) is 0.556. The van der Waals surface area contributed by atoms with E-state index in [1.165, 1.54) is 17.4 Å². The second-order valence-corrected chi connectivity index (χ2v) is 7.04. The number of aromatic nitrogens is 2. The molecule has 4 rings (SSSR count). The van der Waals surface area contributed by atoms with Crippen LogP contribution in [0.25, 0.3) is 11.0 Å². The third-order valence-electron chi connectivity index (χ3n) is 5.21. The van der Waals surface area contributed by atoms with Crippen molar-refractivity contribution < 1.29 is 4.79 Å². The van der Waals surface area contributed by atoms with Crippen LogP contribution in [-0.2, 0) is 11.3 Å². The lowest BCUT2D eigenvalue weighted by Gasteiger charge is -2.32. The number of hydrogen-bond acceptors (Lipinski definition) is 3. The molecule has 0 radical (unpaired) electrons. The van der Waals surface area contributed by atoms with Gasteiger partial charge in [0.25, 0.3) is 0 Å². The number of rotatable bonds is 5. The summed E-state index contributed by atoms with van der Waals surface area (Å²) in [5.74, 6) is 0.918. The van der Waals surface area contributed by atoms with Gasteiger partial charge in [-0.15, -0.1) is 12.4 Å². The van der Waals surface area contributed by atoms with Crippen molar-refractivity contribution in [3.8, 4) is 0 Å². The van der Waals surface area contributed by atoms with Gasteiger partial charge >= 0.3 is 5.69 Å². The van der Waals surface area contributed by atoms with Crippen molar-refractivity contribution in [1.29, 1.82) is 0 Å². The zero-order valence-corrected chi connectivity index (χ0v) is 15.1. The minimum absolute atomic E-state index is 0. The number of aromatic amines is 1. The average molecular weight is 365 g/mol. The Morgan fingerprint density at radius 3 is 2.60 bits per heavy atom. The monoisotopic (exact) mass is 364 g/mol. The first-order chi connectivity index (χ1) is 11.7. The van der Waals surface area contributed by atoms with Gasteiger partial charge in [-0.2, -0.15) is 0 Å². The number of carbonyl (C=O) groups is 1. The van der Waals surface area contributed by atoms with Crippen molar-refractivity contribution in [2.45, 2.75) is 38.3 Å². The summed E-state index contributed by atoms with van der Waals surface area (Å²) in [5, 5.41) is 3.62. The Morgan fingerprint density at radius 1 is 1.16 bits per heavy atom. The summed E-state index contributed by atoms with van der Waals surface area (Å²) in [6.45, 7) is 2.79. The first-order valence-corrected chi connectivity index (χ1v) is 8.89. The number of piperidine rings is 1. The minimum Gasteiger partial charge on any atom is -0.341 e. The molecule has 1 aromatic heterocycles. The maximum Gasteiger partial charge on any atom is 0.326 e. The van der Waals surface area contributed by atoms with E-state index in [-0.39, 0.29) is 30.5 Å². The van der Waals surface area contributed by atoms with E-state index >= 15 is 0 Å². The predicted molar refractivity (Wildman–Crippen MR) is 100 cm³/mol. The maximum atomic E-state index is 12.6. The van der Waals surface area contributed by atoms with Gasteiger partial charge in [0, 0.05) is 19.1 Å². The van der Waals surface area contributed by atoms with Crippen LogP contribution >= 0.6 is 12.4 Å². The van der Waals surface area contributed by atoms with Crippen LogP contribution < -0.4 is 11.0 Å². The Balaban J connectivity index is 0.00000182. The molecule has 1 saturated carbocycles. The van der Waals surface area contributed by atoms with Crippen LogP contribution in [0.3, 0.4) is 0 Å². The van der Waals surface area contributed by atoms with E-state index in [0.29, 0.717) is 6.04 Å². The summed E-state index contributed by atoms with van der Waals surface area (Å²) >= 11 is 0. The molecule has 136 valence electrons. The Bertz CT molecular complexity index is 788. The maximum absolute atomic E-state index is 12.6. The number of fused-ring (bicyclic) bond motifs is 1. The molecule has 2 heterocycles. The molecule has 1 aliphatic carbocycles. The van der Waals surface area contributed by atoms with Crippen molar-refractivity contribution in [1.82, 2.24) is 19.8 Å². The molecule has 0 unspecified atom stereocenters. The van der Waals surface area contributed by atoms with Crippen molar-refractivity contribution in [3.63, 3.8) is 0 Å². The fourth-order valence-corrected chi connectivity index (χ4v) is 3.49. The number of para-hydroxylation sites is 2. The number of hydrogen-bond donors (Lipinski definition) is 2. The number of imidazole rings is 1. The van der Waals surface area contributed by atoms with Crippen LogP contribution in [0.2, 0.25) is 0 Å². The summed E-state index contributed by atoms with van der Waals surface area (Å²) < 4.78 is 1.54. The Kier molecular flexibility index (Phi) is 5.49. The summed E-state index contributed by atoms with van der Waals surface area (Å²) in [7, 11) is 0. The van der Waals surface area contributed by atoms with Gasteiger partial charge in [0.05, 0.1) is 11.0 Å². The summed E-state index contributed by atoms with van der Waals surface area (Å²) in [4.78, 5) is 29.4. The number of amides is 1. The highest BCUT2D eigenvalue weighted by Gasteiger charge is 2.26. The molecule has 1 amide bonds. The molecule has 6 nitrogen and oxygen atoms in total. The third kappa shape index (κ3) is 4.07. The second-order valence-electron chi connectivity index (χ2n) is 7.04. The lowest BCUT2D eigenvalue weighted by Crippen LogP contribution is -2.46. The molecular formula is C18H25ClN4O2. The van der Waals surface area contributed by atoms with E-state index in [4.69, 9.17) is 0 Å². The Hall–Kier alpha value is -1.79. The molecule has 1 aromatic carbocycles. The van der Waals surface area contributed by atoms with Gasteiger partial charge in [0.2, 0.25) is 5.91 Å². The molecule has 2 fully saturated rings. The molecule has 1 aliphatic heterocycles. The van der Waals surface area contributed by atoms with Gasteiger partial charge in [-0.25, -0.2) is 4.79 Å². The summed E-state index contributed by atoms with van der Waals surface area (Å²) in [5.41, 5.74) is 1.35. The standard InChI is InChI=1S/C18H24N4O2.ClH/c23-17(12-22-16-4-2-1-3-15(16)20-18(22)24)21-9-7-14(8-10-21)19-11-13-5-6-13;/h1-4,13-14,19H,5-12H2,(H,20,24);1H. The molecular weight excluding hydrogens is 340 g/mol. The third-order valence-corrected chi connectivity index (χ3v) is 5.21. The van der Waals surface area contributed by atoms with Gasteiger partial charge in [-0.05, 0) is 50.3 Å². The number of halogens is 1. The highest BCUT2D eigenvalue weighted by Crippen LogP contribution is 2.28. The van der Waals surface area contributed by atoms with E-state index < -0.39 is 0 Å². The van der Waals surface area contributed by atoms with E-state index in [0.717, 1.165) is 49.4 Å². The van der Waals surface area contributed by atoms with Crippen LogP contribution in [0.15, 0.2) is 29.1 Å². The van der Waals surface area contributed by atoms with Gasteiger partial charge < -0.3 is 15.2 Å². The molecule has 0 spiro atoms. The zero-order valence-electron chi connectivity index (χ0n) is 14.2.